The molecule has 1 unspecified atom stereocenters. The fraction of sp³-hybridized carbons (Fsp3) is 0.214. The minimum absolute atomic E-state index is 0.0523. The summed E-state index contributed by atoms with van der Waals surface area (Å²) in [6, 6.07) is 19.2. The number of ether oxygens (including phenoxy) is 2. The molecule has 8 nitrogen and oxygen atoms in total. The average Bonchev–Trinajstić information content (AvgIpc) is 3.20. The largest absolute Gasteiger partial charge is 0.497 e. The summed E-state index contributed by atoms with van der Waals surface area (Å²) in [5.74, 6) is -1.09. The summed E-state index contributed by atoms with van der Waals surface area (Å²) in [7, 11) is 1.53. The molecule has 0 bridgehead atoms. The molecular formula is C28H25ClN2O6. The van der Waals surface area contributed by atoms with Crippen molar-refractivity contribution in [3.05, 3.63) is 94.5 Å². The number of nitrogens with zero attached hydrogens (tertiary/aromatic N) is 1. The van der Waals surface area contributed by atoms with Crippen molar-refractivity contribution in [2.45, 2.75) is 18.9 Å². The molecule has 4 rings (SSSR count). The number of carbonyl (C=O) groups excluding carboxylic acids is 4. The number of nitrogens with one attached hydrogen (secondary N) is 1. The molecule has 1 fully saturated rings. The zero-order valence-corrected chi connectivity index (χ0v) is 20.9. The molecule has 3 aromatic carbocycles. The number of amides is 2. The second-order valence-electron chi connectivity index (χ2n) is 8.43. The van der Waals surface area contributed by atoms with Crippen LogP contribution in [0, 0.1) is 0 Å². The molecule has 2 amide bonds. The Morgan fingerprint density at radius 2 is 1.59 bits per heavy atom. The van der Waals surface area contributed by atoms with E-state index in [-0.39, 0.29) is 29.6 Å². The molecule has 37 heavy (non-hydrogen) atoms. The van der Waals surface area contributed by atoms with Crippen LogP contribution in [0.1, 0.15) is 32.7 Å². The highest BCUT2D eigenvalue weighted by molar-refractivity contribution is 6.30. The lowest BCUT2D eigenvalue weighted by atomic mass is 10.1. The number of ketones is 1. The summed E-state index contributed by atoms with van der Waals surface area (Å²) >= 11 is 5.90. The van der Waals surface area contributed by atoms with Crippen molar-refractivity contribution in [3.8, 4) is 5.75 Å². The van der Waals surface area contributed by atoms with E-state index in [1.54, 1.807) is 36.4 Å². The van der Waals surface area contributed by atoms with E-state index in [4.69, 9.17) is 21.1 Å². The standard InChI is InChI=1S/C28H25ClN2O6/c1-36-23-12-6-19(7-13-23)25(32)17-37-28(35)20-4-10-22(11-5-20)31-26(33)16-24(27(31)34)30-15-14-18-2-8-21(29)9-3-18/h2-13,24,30H,14-17H2,1H3. The number of rotatable bonds is 10. The number of hydrogen-bond donors (Lipinski definition) is 1. The first-order chi connectivity index (χ1) is 17.9. The van der Waals surface area contributed by atoms with Gasteiger partial charge in [-0.15, -0.1) is 0 Å². The molecule has 0 radical (unpaired) electrons. The number of carbonyl (C=O) groups is 4. The highest BCUT2D eigenvalue weighted by Gasteiger charge is 2.39. The first-order valence-corrected chi connectivity index (χ1v) is 12.0. The average molecular weight is 521 g/mol. The van der Waals surface area contributed by atoms with Crippen LogP contribution in [0.15, 0.2) is 72.8 Å². The van der Waals surface area contributed by atoms with Crippen LogP contribution in [0.25, 0.3) is 0 Å². The zero-order chi connectivity index (χ0) is 26.4. The van der Waals surface area contributed by atoms with E-state index in [1.165, 1.54) is 31.4 Å². The number of anilines is 1. The topological polar surface area (TPSA) is 102 Å². The second-order valence-corrected chi connectivity index (χ2v) is 8.87. The van der Waals surface area contributed by atoms with Crippen LogP contribution >= 0.6 is 11.6 Å². The van der Waals surface area contributed by atoms with Gasteiger partial charge in [-0.3, -0.25) is 14.4 Å². The van der Waals surface area contributed by atoms with Gasteiger partial charge in [0.25, 0.3) is 5.91 Å². The molecule has 0 aromatic heterocycles. The highest BCUT2D eigenvalue weighted by Crippen LogP contribution is 2.24. The number of imide groups is 1. The van der Waals surface area contributed by atoms with Crippen molar-refractivity contribution < 1.29 is 28.7 Å². The van der Waals surface area contributed by atoms with Crippen molar-refractivity contribution in [1.29, 1.82) is 0 Å². The van der Waals surface area contributed by atoms with Crippen LogP contribution in [0.2, 0.25) is 5.02 Å². The van der Waals surface area contributed by atoms with E-state index in [2.05, 4.69) is 5.32 Å². The first-order valence-electron chi connectivity index (χ1n) is 11.6. The normalized spacial score (nSPS) is 15.1. The molecule has 1 aliphatic heterocycles. The minimum Gasteiger partial charge on any atom is -0.497 e. The lowest BCUT2D eigenvalue weighted by Gasteiger charge is -2.16. The third-order valence-electron chi connectivity index (χ3n) is 5.97. The van der Waals surface area contributed by atoms with Gasteiger partial charge in [0, 0.05) is 10.6 Å². The Morgan fingerprint density at radius 3 is 2.24 bits per heavy atom. The van der Waals surface area contributed by atoms with Crippen LogP contribution in [0.5, 0.6) is 5.75 Å². The molecule has 1 saturated heterocycles. The lowest BCUT2D eigenvalue weighted by Crippen LogP contribution is -2.39. The molecular weight excluding hydrogens is 496 g/mol. The predicted octanol–water partition coefficient (Wildman–Crippen LogP) is 3.85. The van der Waals surface area contributed by atoms with Crippen LogP contribution in [0.4, 0.5) is 5.69 Å². The third-order valence-corrected chi connectivity index (χ3v) is 6.22. The lowest BCUT2D eigenvalue weighted by molar-refractivity contribution is -0.121. The Balaban J connectivity index is 1.30. The Morgan fingerprint density at radius 1 is 0.946 bits per heavy atom. The maximum atomic E-state index is 12.9. The molecule has 1 N–H and O–H groups in total. The van der Waals surface area contributed by atoms with Gasteiger partial charge in [-0.25, -0.2) is 9.69 Å². The molecule has 1 aliphatic rings. The van der Waals surface area contributed by atoms with Crippen molar-refractivity contribution in [3.63, 3.8) is 0 Å². The molecule has 0 aliphatic carbocycles. The molecule has 1 heterocycles. The van der Waals surface area contributed by atoms with E-state index in [0.717, 1.165) is 10.5 Å². The van der Waals surface area contributed by atoms with Crippen LogP contribution in [-0.4, -0.2) is 49.9 Å². The summed E-state index contributed by atoms with van der Waals surface area (Å²) in [5, 5.41) is 3.80. The monoisotopic (exact) mass is 520 g/mol. The van der Waals surface area contributed by atoms with Crippen LogP contribution in [0.3, 0.4) is 0 Å². The molecule has 9 heteroatoms. The number of esters is 1. The minimum atomic E-state index is -0.686. The van der Waals surface area contributed by atoms with E-state index in [9.17, 15) is 19.2 Å². The summed E-state index contributed by atoms with van der Waals surface area (Å²) in [6.45, 7) is 0.110. The molecule has 1 atom stereocenters. The zero-order valence-electron chi connectivity index (χ0n) is 20.1. The molecule has 0 spiro atoms. The van der Waals surface area contributed by atoms with Crippen molar-refractivity contribution >= 4 is 40.9 Å². The maximum Gasteiger partial charge on any atom is 0.338 e. The van der Waals surface area contributed by atoms with Gasteiger partial charge in [-0.1, -0.05) is 23.7 Å². The molecule has 190 valence electrons. The third kappa shape index (κ3) is 6.41. The van der Waals surface area contributed by atoms with Crippen LogP contribution in [-0.2, 0) is 20.7 Å². The summed E-state index contributed by atoms with van der Waals surface area (Å²) in [4.78, 5) is 51.2. The van der Waals surface area contributed by atoms with Gasteiger partial charge in [-0.05, 0) is 79.2 Å². The SMILES string of the molecule is COc1ccc(C(=O)COC(=O)c2ccc(N3C(=O)CC(NCCc4ccc(Cl)cc4)C3=O)cc2)cc1. The van der Waals surface area contributed by atoms with Gasteiger partial charge in [0.2, 0.25) is 5.91 Å². The number of methoxy groups -OCH3 is 1. The van der Waals surface area contributed by atoms with Gasteiger partial charge in [0.15, 0.2) is 12.4 Å². The number of Topliss-reactive ketones (excluding diaryl/α,β-unsaturated/α-hetero) is 1. The maximum absolute atomic E-state index is 12.9. The summed E-state index contributed by atoms with van der Waals surface area (Å²) < 4.78 is 10.2. The quantitative estimate of drug-likeness (QED) is 0.246. The van der Waals surface area contributed by atoms with Crippen LogP contribution < -0.4 is 15.0 Å². The fourth-order valence-corrected chi connectivity index (χ4v) is 4.05. The Bertz CT molecular complexity index is 1290. The Kier molecular flexibility index (Phi) is 8.32. The number of hydrogen-bond acceptors (Lipinski definition) is 7. The van der Waals surface area contributed by atoms with E-state index >= 15 is 0 Å². The summed E-state index contributed by atoms with van der Waals surface area (Å²) in [6.07, 6.45) is 0.740. The van der Waals surface area contributed by atoms with Gasteiger partial charge < -0.3 is 14.8 Å². The first kappa shape index (κ1) is 26.1. The number of benzene rings is 3. The van der Waals surface area contributed by atoms with Gasteiger partial charge in [0.05, 0.1) is 30.8 Å². The van der Waals surface area contributed by atoms with E-state index < -0.39 is 18.6 Å². The van der Waals surface area contributed by atoms with Gasteiger partial charge >= 0.3 is 5.97 Å². The van der Waals surface area contributed by atoms with Crippen molar-refractivity contribution in [2.75, 3.05) is 25.2 Å². The predicted molar refractivity (Wildman–Crippen MR) is 138 cm³/mol. The van der Waals surface area contributed by atoms with E-state index in [1.807, 2.05) is 12.1 Å². The summed E-state index contributed by atoms with van der Waals surface area (Å²) in [5.41, 5.74) is 2.02. The van der Waals surface area contributed by atoms with Gasteiger partial charge in [-0.2, -0.15) is 0 Å². The van der Waals surface area contributed by atoms with E-state index in [0.29, 0.717) is 35.0 Å². The van der Waals surface area contributed by atoms with Crippen molar-refractivity contribution in [1.82, 2.24) is 5.32 Å². The number of halogens is 1. The Labute approximate surface area is 219 Å². The van der Waals surface area contributed by atoms with Gasteiger partial charge in [0.1, 0.15) is 5.75 Å². The molecule has 0 saturated carbocycles. The fourth-order valence-electron chi connectivity index (χ4n) is 3.93. The Hall–Kier alpha value is -4.01. The van der Waals surface area contributed by atoms with Crippen molar-refractivity contribution in [2.24, 2.45) is 0 Å². The second kappa shape index (κ2) is 11.8. The molecule has 3 aromatic rings. The highest BCUT2D eigenvalue weighted by atomic mass is 35.5. The smallest absolute Gasteiger partial charge is 0.338 e.